The Bertz CT molecular complexity index is 649. The largest absolute Gasteiger partial charge is 0.324 e. The van der Waals surface area contributed by atoms with Gasteiger partial charge in [0, 0.05) is 35.2 Å². The summed E-state index contributed by atoms with van der Waals surface area (Å²) in [5.74, 6) is 0. The highest BCUT2D eigenvalue weighted by molar-refractivity contribution is 5.41. The summed E-state index contributed by atoms with van der Waals surface area (Å²) in [4.78, 5) is 11.9. The van der Waals surface area contributed by atoms with Gasteiger partial charge in [-0.3, -0.25) is 4.79 Å². The van der Waals surface area contributed by atoms with Gasteiger partial charge in [-0.1, -0.05) is 6.07 Å². The van der Waals surface area contributed by atoms with Gasteiger partial charge in [-0.05, 0) is 51.0 Å². The molecule has 0 saturated carbocycles. The number of hydrogen-bond acceptors (Lipinski definition) is 2. The molecule has 2 aromatic rings. The van der Waals surface area contributed by atoms with Gasteiger partial charge in [0.05, 0.1) is 0 Å². The lowest BCUT2D eigenvalue weighted by molar-refractivity contribution is 0.786. The van der Waals surface area contributed by atoms with E-state index in [9.17, 15) is 4.79 Å². The molecule has 100 valence electrons. The highest BCUT2D eigenvalue weighted by Gasteiger charge is 2.09. The topological polar surface area (TPSA) is 48.0 Å². The molecule has 2 rings (SSSR count). The molecule has 1 aromatic carbocycles. The highest BCUT2D eigenvalue weighted by atomic mass is 16.1. The first kappa shape index (κ1) is 13.6. The Kier molecular flexibility index (Phi) is 3.58. The summed E-state index contributed by atoms with van der Waals surface area (Å²) in [7, 11) is 0. The summed E-state index contributed by atoms with van der Waals surface area (Å²) < 4.78 is 2.03. The van der Waals surface area contributed by atoms with E-state index in [-0.39, 0.29) is 11.5 Å². The Morgan fingerprint density at radius 3 is 2.16 bits per heavy atom. The molecule has 1 aromatic heterocycles. The number of aryl methyl sites for hydroxylation is 3. The SMILES string of the molecule is Cc1cc(C)cc(-n2cc(C(C)N)c(=O)cc2C)c1. The van der Waals surface area contributed by atoms with Gasteiger partial charge < -0.3 is 10.3 Å². The number of pyridine rings is 1. The average molecular weight is 256 g/mol. The number of hydrogen-bond donors (Lipinski definition) is 1. The van der Waals surface area contributed by atoms with E-state index in [1.54, 1.807) is 6.07 Å². The van der Waals surface area contributed by atoms with Crippen molar-refractivity contribution >= 4 is 0 Å². The van der Waals surface area contributed by atoms with Crippen molar-refractivity contribution in [1.29, 1.82) is 0 Å². The third kappa shape index (κ3) is 2.76. The number of aromatic nitrogens is 1. The Morgan fingerprint density at radius 1 is 1.05 bits per heavy atom. The Morgan fingerprint density at radius 2 is 1.63 bits per heavy atom. The van der Waals surface area contributed by atoms with E-state index in [1.807, 2.05) is 24.6 Å². The molecule has 0 aliphatic heterocycles. The maximum atomic E-state index is 11.9. The predicted molar refractivity (Wildman–Crippen MR) is 78.9 cm³/mol. The van der Waals surface area contributed by atoms with Crippen LogP contribution in [0.3, 0.4) is 0 Å². The smallest absolute Gasteiger partial charge is 0.186 e. The average Bonchev–Trinajstić information content (AvgIpc) is 2.26. The fraction of sp³-hybridized carbons (Fsp3) is 0.312. The summed E-state index contributed by atoms with van der Waals surface area (Å²) in [6, 6.07) is 7.74. The monoisotopic (exact) mass is 256 g/mol. The van der Waals surface area contributed by atoms with Crippen molar-refractivity contribution in [3.63, 3.8) is 0 Å². The Labute approximate surface area is 113 Å². The van der Waals surface area contributed by atoms with E-state index < -0.39 is 0 Å². The van der Waals surface area contributed by atoms with Crippen LogP contribution in [-0.4, -0.2) is 4.57 Å². The van der Waals surface area contributed by atoms with Crippen LogP contribution in [0.1, 0.15) is 35.3 Å². The number of rotatable bonds is 2. The van der Waals surface area contributed by atoms with Gasteiger partial charge in [-0.25, -0.2) is 0 Å². The zero-order valence-corrected chi connectivity index (χ0v) is 11.9. The minimum absolute atomic E-state index is 0.00752. The van der Waals surface area contributed by atoms with Crippen molar-refractivity contribution in [2.24, 2.45) is 5.73 Å². The van der Waals surface area contributed by atoms with Crippen LogP contribution in [0.5, 0.6) is 0 Å². The van der Waals surface area contributed by atoms with Crippen LogP contribution in [-0.2, 0) is 0 Å². The van der Waals surface area contributed by atoms with Crippen LogP contribution in [0.25, 0.3) is 5.69 Å². The van der Waals surface area contributed by atoms with Crippen molar-refractivity contribution in [2.75, 3.05) is 0 Å². The Balaban J connectivity index is 2.68. The molecular formula is C16H20N2O. The van der Waals surface area contributed by atoms with Crippen LogP contribution in [0.4, 0.5) is 0 Å². The van der Waals surface area contributed by atoms with E-state index in [2.05, 4.69) is 32.0 Å². The lowest BCUT2D eigenvalue weighted by Crippen LogP contribution is -2.20. The minimum Gasteiger partial charge on any atom is -0.324 e. The summed E-state index contributed by atoms with van der Waals surface area (Å²) in [6.45, 7) is 7.91. The Hall–Kier alpha value is -1.87. The van der Waals surface area contributed by atoms with Crippen LogP contribution in [0.2, 0.25) is 0 Å². The molecule has 0 aliphatic carbocycles. The third-order valence-corrected chi connectivity index (χ3v) is 3.25. The van der Waals surface area contributed by atoms with Gasteiger partial charge >= 0.3 is 0 Å². The molecule has 0 radical (unpaired) electrons. The van der Waals surface area contributed by atoms with Gasteiger partial charge in [-0.15, -0.1) is 0 Å². The van der Waals surface area contributed by atoms with Crippen molar-refractivity contribution in [3.8, 4) is 5.69 Å². The second-order valence-electron chi connectivity index (χ2n) is 5.24. The maximum Gasteiger partial charge on any atom is 0.186 e. The highest BCUT2D eigenvalue weighted by Crippen LogP contribution is 2.17. The van der Waals surface area contributed by atoms with E-state index in [0.717, 1.165) is 11.4 Å². The molecule has 0 fully saturated rings. The molecule has 0 bridgehead atoms. The molecular weight excluding hydrogens is 236 g/mol. The van der Waals surface area contributed by atoms with E-state index in [0.29, 0.717) is 5.56 Å². The molecule has 0 saturated heterocycles. The summed E-state index contributed by atoms with van der Waals surface area (Å²) in [6.07, 6.45) is 1.86. The number of nitrogens with two attached hydrogens (primary N) is 1. The summed E-state index contributed by atoms with van der Waals surface area (Å²) in [5, 5.41) is 0. The van der Waals surface area contributed by atoms with Gasteiger partial charge in [0.1, 0.15) is 0 Å². The first-order chi connectivity index (χ1) is 8.88. The quantitative estimate of drug-likeness (QED) is 0.898. The molecule has 19 heavy (non-hydrogen) atoms. The standard InChI is InChI=1S/C16H20N2O/c1-10-5-11(2)7-14(6-10)18-9-15(13(4)17)16(19)8-12(18)3/h5-9,13H,17H2,1-4H3. The zero-order valence-electron chi connectivity index (χ0n) is 11.9. The fourth-order valence-electron chi connectivity index (χ4n) is 2.36. The first-order valence-corrected chi connectivity index (χ1v) is 6.46. The third-order valence-electron chi connectivity index (χ3n) is 3.25. The molecule has 1 heterocycles. The summed E-state index contributed by atoms with van der Waals surface area (Å²) in [5.41, 5.74) is 10.9. The molecule has 2 N–H and O–H groups in total. The predicted octanol–water partition coefficient (Wildman–Crippen LogP) is 2.78. The summed E-state index contributed by atoms with van der Waals surface area (Å²) >= 11 is 0. The lowest BCUT2D eigenvalue weighted by atomic mass is 10.1. The molecule has 0 spiro atoms. The second kappa shape index (κ2) is 5.02. The van der Waals surface area contributed by atoms with Crippen molar-refractivity contribution in [1.82, 2.24) is 4.57 Å². The number of nitrogens with zero attached hydrogens (tertiary/aromatic N) is 1. The van der Waals surface area contributed by atoms with Crippen LogP contribution in [0.15, 0.2) is 35.3 Å². The maximum absolute atomic E-state index is 11.9. The van der Waals surface area contributed by atoms with Gasteiger partial charge in [-0.2, -0.15) is 0 Å². The molecule has 3 nitrogen and oxygen atoms in total. The normalized spacial score (nSPS) is 12.5. The van der Waals surface area contributed by atoms with Gasteiger partial charge in [0.2, 0.25) is 0 Å². The van der Waals surface area contributed by atoms with Gasteiger partial charge in [0.15, 0.2) is 5.43 Å². The fourth-order valence-corrected chi connectivity index (χ4v) is 2.36. The van der Waals surface area contributed by atoms with E-state index in [4.69, 9.17) is 5.73 Å². The van der Waals surface area contributed by atoms with Gasteiger partial charge in [0.25, 0.3) is 0 Å². The lowest BCUT2D eigenvalue weighted by Gasteiger charge is -2.15. The van der Waals surface area contributed by atoms with Crippen LogP contribution < -0.4 is 11.2 Å². The van der Waals surface area contributed by atoms with Crippen molar-refractivity contribution in [3.05, 3.63) is 63.1 Å². The van der Waals surface area contributed by atoms with Crippen molar-refractivity contribution < 1.29 is 0 Å². The molecule has 1 unspecified atom stereocenters. The van der Waals surface area contributed by atoms with Crippen LogP contribution in [0, 0.1) is 20.8 Å². The van der Waals surface area contributed by atoms with Crippen molar-refractivity contribution in [2.45, 2.75) is 33.7 Å². The van der Waals surface area contributed by atoms with Crippen LogP contribution >= 0.6 is 0 Å². The molecule has 0 aliphatic rings. The zero-order chi connectivity index (χ0) is 14.2. The molecule has 1 atom stereocenters. The van der Waals surface area contributed by atoms with E-state index in [1.165, 1.54) is 11.1 Å². The second-order valence-corrected chi connectivity index (χ2v) is 5.24. The van der Waals surface area contributed by atoms with E-state index >= 15 is 0 Å². The molecule has 0 amide bonds. The first-order valence-electron chi connectivity index (χ1n) is 6.46. The number of benzene rings is 1. The molecule has 3 heteroatoms. The minimum atomic E-state index is -0.259.